The number of ketones is 1. The van der Waals surface area contributed by atoms with Gasteiger partial charge >= 0.3 is 0 Å². The second-order valence-electron chi connectivity index (χ2n) is 5.61. The monoisotopic (exact) mass is 398 g/mol. The lowest BCUT2D eigenvalue weighted by Crippen LogP contribution is -2.11. The average Bonchev–Trinajstić information content (AvgIpc) is 2.65. The van der Waals surface area contributed by atoms with Crippen molar-refractivity contribution in [2.24, 2.45) is 0 Å². The topological polar surface area (TPSA) is 98.8 Å². The van der Waals surface area contributed by atoms with E-state index in [1.54, 1.807) is 12.1 Å². The average molecular weight is 398 g/mol. The van der Waals surface area contributed by atoms with Gasteiger partial charge in [0.1, 0.15) is 17.4 Å². The predicted octanol–water partition coefficient (Wildman–Crippen LogP) is 3.38. The first-order valence-corrected chi connectivity index (χ1v) is 9.46. The molecule has 0 aliphatic heterocycles. The first kappa shape index (κ1) is 20.7. The molecule has 2 rings (SSSR count). The Hall–Kier alpha value is -3.62. The summed E-state index contributed by atoms with van der Waals surface area (Å²) in [6, 6.07) is 10.7. The number of hydrogen-bond donors (Lipinski definition) is 0. The van der Waals surface area contributed by atoms with Crippen LogP contribution < -0.4 is 0 Å². The van der Waals surface area contributed by atoms with Crippen molar-refractivity contribution in [2.45, 2.75) is 0 Å². The number of sulfone groups is 1. The zero-order chi connectivity index (χ0) is 20.7. The molecule has 0 aliphatic carbocycles. The highest BCUT2D eigenvalue weighted by Gasteiger charge is 2.12. The minimum absolute atomic E-state index is 0.0277. The molecule has 0 N–H and O–H groups in total. The molecule has 2 aromatic rings. The molecule has 0 aromatic heterocycles. The van der Waals surface area contributed by atoms with Gasteiger partial charge in [-0.1, -0.05) is 12.1 Å². The van der Waals surface area contributed by atoms with Crippen LogP contribution >= 0.6 is 0 Å². The van der Waals surface area contributed by atoms with Crippen molar-refractivity contribution in [1.29, 1.82) is 10.5 Å². The van der Waals surface area contributed by atoms with Crippen LogP contribution in [0.5, 0.6) is 0 Å². The molecular formula is C20H12F2N2O3S. The summed E-state index contributed by atoms with van der Waals surface area (Å²) in [5, 5.41) is 18.1. The highest BCUT2D eigenvalue weighted by atomic mass is 32.2. The lowest BCUT2D eigenvalue weighted by Gasteiger charge is -1.99. The van der Waals surface area contributed by atoms with E-state index in [0.29, 0.717) is 5.41 Å². The zero-order valence-corrected chi connectivity index (χ0v) is 15.1. The Labute approximate surface area is 160 Å². The summed E-state index contributed by atoms with van der Waals surface area (Å²) in [5.41, 5.74) is 0.182. The van der Waals surface area contributed by atoms with Gasteiger partial charge in [-0.2, -0.15) is 10.5 Å². The van der Waals surface area contributed by atoms with Crippen LogP contribution in [-0.4, -0.2) is 20.0 Å². The van der Waals surface area contributed by atoms with E-state index >= 15 is 0 Å². The molecule has 0 heterocycles. The minimum Gasteiger partial charge on any atom is -0.294 e. The van der Waals surface area contributed by atoms with Gasteiger partial charge in [0.15, 0.2) is 15.6 Å². The molecular weight excluding hydrogens is 386 g/mol. The third kappa shape index (κ3) is 5.70. The quantitative estimate of drug-likeness (QED) is 0.695. The van der Waals surface area contributed by atoms with Gasteiger partial charge in [-0.05, 0) is 42.5 Å². The van der Waals surface area contributed by atoms with Crippen molar-refractivity contribution < 1.29 is 22.0 Å². The molecule has 0 amide bonds. The lowest BCUT2D eigenvalue weighted by atomic mass is 10.1. The maximum absolute atomic E-state index is 13.7. The molecule has 28 heavy (non-hydrogen) atoms. The van der Waals surface area contributed by atoms with Gasteiger partial charge in [0.25, 0.3) is 0 Å². The van der Waals surface area contributed by atoms with E-state index in [-0.39, 0.29) is 22.3 Å². The Kier molecular flexibility index (Phi) is 6.54. The molecule has 0 atom stereocenters. The van der Waals surface area contributed by atoms with Crippen molar-refractivity contribution >= 4 is 27.8 Å². The first-order chi connectivity index (χ1) is 13.2. The molecule has 0 aliphatic rings. The maximum atomic E-state index is 13.7. The van der Waals surface area contributed by atoms with Crippen molar-refractivity contribution in [3.63, 3.8) is 0 Å². The molecule has 0 fully saturated rings. The molecule has 0 spiro atoms. The number of carbonyl (C=O) groups excluding carboxylic acids is 1. The van der Waals surface area contributed by atoms with Crippen LogP contribution in [0.15, 0.2) is 47.9 Å². The fourth-order valence-electron chi connectivity index (χ4n) is 2.12. The number of halogens is 2. The van der Waals surface area contributed by atoms with E-state index < -0.39 is 33.0 Å². The number of hydrogen-bond acceptors (Lipinski definition) is 5. The Morgan fingerprint density at radius 2 is 1.43 bits per heavy atom. The number of carbonyl (C=O) groups is 1. The highest BCUT2D eigenvalue weighted by molar-refractivity contribution is 7.95. The molecule has 2 aromatic carbocycles. The molecule has 8 heteroatoms. The SMILES string of the molecule is N#Cc1ccc(/C=C\C(=O)CS(=O)(=O)/C=C\c2ccc(C#N)cc2F)c(F)c1. The van der Waals surface area contributed by atoms with Crippen molar-refractivity contribution in [3.05, 3.63) is 81.8 Å². The number of nitriles is 2. The second-order valence-corrected chi connectivity index (χ2v) is 7.49. The standard InChI is InChI=1S/C20H12F2N2O3S/c21-19-9-14(11-23)1-3-16(19)5-6-18(25)13-28(26,27)8-7-17-4-2-15(12-24)10-20(17)22/h1-10H,13H2/b6-5-,8-7-. The van der Waals surface area contributed by atoms with E-state index in [1.165, 1.54) is 24.3 Å². The summed E-state index contributed by atoms with van der Waals surface area (Å²) in [6.45, 7) is 0. The van der Waals surface area contributed by atoms with E-state index in [2.05, 4.69) is 0 Å². The number of nitrogens with zero attached hydrogens (tertiary/aromatic N) is 2. The van der Waals surface area contributed by atoms with E-state index in [4.69, 9.17) is 10.5 Å². The lowest BCUT2D eigenvalue weighted by molar-refractivity contribution is -0.112. The van der Waals surface area contributed by atoms with Gasteiger partial charge < -0.3 is 0 Å². The Morgan fingerprint density at radius 3 is 1.89 bits per heavy atom. The third-order valence-electron chi connectivity index (χ3n) is 3.51. The summed E-state index contributed by atoms with van der Waals surface area (Å²) in [7, 11) is -3.99. The molecule has 140 valence electrons. The Bertz CT molecular complexity index is 1170. The van der Waals surface area contributed by atoms with Gasteiger partial charge in [-0.3, -0.25) is 4.79 Å². The van der Waals surface area contributed by atoms with Gasteiger partial charge in [-0.15, -0.1) is 0 Å². The number of allylic oxidation sites excluding steroid dienone is 1. The summed E-state index contributed by atoms with van der Waals surface area (Å²) in [6.07, 6.45) is 3.01. The van der Waals surface area contributed by atoms with Gasteiger partial charge in [-0.25, -0.2) is 17.2 Å². The Balaban J connectivity index is 2.08. The smallest absolute Gasteiger partial charge is 0.179 e. The largest absolute Gasteiger partial charge is 0.294 e. The van der Waals surface area contributed by atoms with Crippen LogP contribution in [0.1, 0.15) is 22.3 Å². The number of benzene rings is 2. The third-order valence-corrected chi connectivity index (χ3v) is 4.74. The predicted molar refractivity (Wildman–Crippen MR) is 99.1 cm³/mol. The summed E-state index contributed by atoms with van der Waals surface area (Å²) < 4.78 is 51.4. The van der Waals surface area contributed by atoms with Crippen LogP contribution in [0.4, 0.5) is 8.78 Å². The van der Waals surface area contributed by atoms with Gasteiger partial charge in [0.05, 0.1) is 23.3 Å². The Morgan fingerprint density at radius 1 is 0.929 bits per heavy atom. The fraction of sp³-hybridized carbons (Fsp3) is 0.0500. The molecule has 0 saturated carbocycles. The second kappa shape index (κ2) is 8.85. The van der Waals surface area contributed by atoms with E-state index in [9.17, 15) is 22.0 Å². The van der Waals surface area contributed by atoms with Crippen molar-refractivity contribution in [2.75, 3.05) is 5.75 Å². The van der Waals surface area contributed by atoms with Crippen LogP contribution in [0, 0.1) is 34.3 Å². The molecule has 0 radical (unpaired) electrons. The summed E-state index contributed by atoms with van der Waals surface area (Å²) in [4.78, 5) is 11.8. The molecule has 5 nitrogen and oxygen atoms in total. The van der Waals surface area contributed by atoms with E-state index in [0.717, 1.165) is 30.4 Å². The molecule has 0 unspecified atom stereocenters. The summed E-state index contributed by atoms with van der Waals surface area (Å²) >= 11 is 0. The fourth-order valence-corrected chi connectivity index (χ4v) is 3.06. The van der Waals surface area contributed by atoms with Crippen LogP contribution in [0.3, 0.4) is 0 Å². The first-order valence-electron chi connectivity index (χ1n) is 7.75. The van der Waals surface area contributed by atoms with Gasteiger partial charge in [0.2, 0.25) is 0 Å². The highest BCUT2D eigenvalue weighted by Crippen LogP contribution is 2.14. The zero-order valence-electron chi connectivity index (χ0n) is 14.3. The van der Waals surface area contributed by atoms with Crippen molar-refractivity contribution in [3.8, 4) is 12.1 Å². The van der Waals surface area contributed by atoms with Crippen molar-refractivity contribution in [1.82, 2.24) is 0 Å². The van der Waals surface area contributed by atoms with E-state index in [1.807, 2.05) is 0 Å². The van der Waals surface area contributed by atoms with Crippen LogP contribution in [0.25, 0.3) is 12.2 Å². The number of rotatable bonds is 6. The van der Waals surface area contributed by atoms with Gasteiger partial charge in [0, 0.05) is 16.5 Å². The minimum atomic E-state index is -3.99. The summed E-state index contributed by atoms with van der Waals surface area (Å²) in [5.74, 6) is -3.17. The maximum Gasteiger partial charge on any atom is 0.179 e. The molecule has 0 bridgehead atoms. The normalized spacial score (nSPS) is 11.4. The van der Waals surface area contributed by atoms with Crippen LogP contribution in [-0.2, 0) is 14.6 Å². The van der Waals surface area contributed by atoms with Crippen LogP contribution in [0.2, 0.25) is 0 Å². The molecule has 0 saturated heterocycles.